The van der Waals surface area contributed by atoms with Crippen molar-refractivity contribution in [1.82, 2.24) is 15.5 Å². The van der Waals surface area contributed by atoms with Crippen molar-refractivity contribution in [2.75, 3.05) is 7.05 Å². The Morgan fingerprint density at radius 3 is 2.81 bits per heavy atom. The number of halogens is 2. The van der Waals surface area contributed by atoms with Crippen LogP contribution in [0.2, 0.25) is 5.02 Å². The van der Waals surface area contributed by atoms with E-state index in [0.717, 1.165) is 17.6 Å². The molecule has 4 nitrogen and oxygen atoms in total. The van der Waals surface area contributed by atoms with Crippen LogP contribution in [0.25, 0.3) is 11.6 Å². The number of rotatable bonds is 5. The Balaban J connectivity index is 0.00000220. The van der Waals surface area contributed by atoms with Crippen molar-refractivity contribution in [1.29, 1.82) is 0 Å². The number of allylic oxidation sites excluding steroid dienone is 1. The summed E-state index contributed by atoms with van der Waals surface area (Å²) < 4.78 is 5.23. The fourth-order valence-electron chi connectivity index (χ4n) is 1.83. The normalized spacial score (nSPS) is 12.9. The summed E-state index contributed by atoms with van der Waals surface area (Å²) >= 11 is 6.16. The lowest BCUT2D eigenvalue weighted by Crippen LogP contribution is -2.24. The van der Waals surface area contributed by atoms with Crippen LogP contribution in [-0.2, 0) is 6.42 Å². The molecule has 1 aromatic carbocycles. The summed E-state index contributed by atoms with van der Waals surface area (Å²) in [4.78, 5) is 4.36. The first-order valence-electron chi connectivity index (χ1n) is 6.53. The first-order chi connectivity index (χ1) is 9.60. The molecule has 0 aliphatic carbocycles. The molecule has 2 rings (SSSR count). The summed E-state index contributed by atoms with van der Waals surface area (Å²) in [6.45, 7) is 4.04. The van der Waals surface area contributed by atoms with Gasteiger partial charge in [0.1, 0.15) is 0 Å². The van der Waals surface area contributed by atoms with E-state index in [9.17, 15) is 0 Å². The largest absolute Gasteiger partial charge is 0.335 e. The smallest absolute Gasteiger partial charge is 0.250 e. The number of benzene rings is 1. The number of likely N-dealkylation sites (N-methyl/N-ethyl adjacent to an activating group) is 1. The van der Waals surface area contributed by atoms with Gasteiger partial charge in [0.05, 0.1) is 0 Å². The Kier molecular flexibility index (Phi) is 6.89. The van der Waals surface area contributed by atoms with E-state index < -0.39 is 0 Å². The minimum absolute atomic E-state index is 0. The Morgan fingerprint density at radius 2 is 2.14 bits per heavy atom. The molecule has 1 heterocycles. The lowest BCUT2D eigenvalue weighted by molar-refractivity contribution is 0.400. The fraction of sp³-hybridized carbons (Fsp3) is 0.333. The summed E-state index contributed by atoms with van der Waals surface area (Å²) in [5.74, 6) is 1.20. The molecule has 0 radical (unpaired) electrons. The third-order valence-electron chi connectivity index (χ3n) is 3.10. The molecule has 0 aliphatic heterocycles. The molecule has 0 spiro atoms. The van der Waals surface area contributed by atoms with E-state index in [-0.39, 0.29) is 12.4 Å². The van der Waals surface area contributed by atoms with Crippen molar-refractivity contribution >= 4 is 35.7 Å². The molecule has 21 heavy (non-hydrogen) atoms. The van der Waals surface area contributed by atoms with E-state index in [2.05, 4.69) is 22.4 Å². The number of hydrogen-bond acceptors (Lipinski definition) is 4. The van der Waals surface area contributed by atoms with Gasteiger partial charge in [-0.15, -0.1) is 12.4 Å². The zero-order chi connectivity index (χ0) is 14.5. The summed E-state index contributed by atoms with van der Waals surface area (Å²) in [5, 5.41) is 7.82. The maximum atomic E-state index is 6.16. The maximum Gasteiger partial charge on any atom is 0.250 e. The average molecular weight is 328 g/mol. The van der Waals surface area contributed by atoms with E-state index in [4.69, 9.17) is 16.1 Å². The van der Waals surface area contributed by atoms with Gasteiger partial charge in [-0.1, -0.05) is 35.0 Å². The van der Waals surface area contributed by atoms with Crippen molar-refractivity contribution in [2.45, 2.75) is 26.3 Å². The molecule has 1 unspecified atom stereocenters. The van der Waals surface area contributed by atoms with Gasteiger partial charge in [0.15, 0.2) is 5.82 Å². The molecule has 6 heteroatoms. The maximum absolute atomic E-state index is 6.16. The molecular weight excluding hydrogens is 309 g/mol. The van der Waals surface area contributed by atoms with Crippen LogP contribution >= 0.6 is 24.0 Å². The minimum Gasteiger partial charge on any atom is -0.335 e. The molecule has 1 aromatic heterocycles. The molecule has 0 saturated carbocycles. The van der Waals surface area contributed by atoms with Gasteiger partial charge in [-0.3, -0.25) is 0 Å². The minimum atomic E-state index is 0. The second-order valence-corrected chi connectivity index (χ2v) is 5.16. The van der Waals surface area contributed by atoms with Crippen LogP contribution < -0.4 is 5.32 Å². The first kappa shape index (κ1) is 17.7. The highest BCUT2D eigenvalue weighted by Gasteiger charge is 2.09. The molecular formula is C15H19Cl2N3O. The topological polar surface area (TPSA) is 51.0 Å². The van der Waals surface area contributed by atoms with E-state index >= 15 is 0 Å². The summed E-state index contributed by atoms with van der Waals surface area (Å²) in [6, 6.07) is 8.00. The van der Waals surface area contributed by atoms with Crippen LogP contribution in [0.3, 0.4) is 0 Å². The molecule has 1 atom stereocenters. The molecule has 0 saturated heterocycles. The number of hydrogen-bond donors (Lipinski definition) is 1. The first-order valence-corrected chi connectivity index (χ1v) is 6.91. The number of nitrogens with zero attached hydrogens (tertiary/aromatic N) is 2. The van der Waals surface area contributed by atoms with Crippen LogP contribution in [0.4, 0.5) is 0 Å². The Bertz CT molecular complexity index is 610. The van der Waals surface area contributed by atoms with Gasteiger partial charge < -0.3 is 9.84 Å². The molecule has 2 aromatic rings. The predicted octanol–water partition coefficient (Wildman–Crippen LogP) is 3.86. The summed E-state index contributed by atoms with van der Waals surface area (Å²) in [7, 11) is 1.91. The average Bonchev–Trinajstić information content (AvgIpc) is 2.86. The Morgan fingerprint density at radius 1 is 1.43 bits per heavy atom. The van der Waals surface area contributed by atoms with E-state index in [1.807, 2.05) is 44.3 Å². The van der Waals surface area contributed by atoms with E-state index in [1.165, 1.54) is 0 Å². The van der Waals surface area contributed by atoms with Gasteiger partial charge >= 0.3 is 0 Å². The molecule has 0 amide bonds. The van der Waals surface area contributed by atoms with Crippen LogP contribution in [0.5, 0.6) is 0 Å². The summed E-state index contributed by atoms with van der Waals surface area (Å²) in [5.41, 5.74) is 1.96. The van der Waals surface area contributed by atoms with Crippen LogP contribution in [0.15, 0.2) is 28.8 Å². The standard InChI is InChI=1S/C15H18ClN3O.ClH/c1-10(12-6-4-5-7-13(12)16)8-15-18-14(19-20-15)9-11(2)17-3;/h4-8,11,17H,9H2,1-3H3;1H/b10-8-;. The lowest BCUT2D eigenvalue weighted by Gasteiger charge is -2.04. The van der Waals surface area contributed by atoms with Crippen molar-refractivity contribution in [3.63, 3.8) is 0 Å². The van der Waals surface area contributed by atoms with E-state index in [0.29, 0.717) is 22.8 Å². The van der Waals surface area contributed by atoms with Crippen molar-refractivity contribution < 1.29 is 4.52 Å². The SMILES string of the molecule is CNC(C)Cc1noc(/C=C(/C)c2ccccc2Cl)n1.Cl. The van der Waals surface area contributed by atoms with Gasteiger partial charge in [0.2, 0.25) is 0 Å². The van der Waals surface area contributed by atoms with Gasteiger partial charge in [-0.25, -0.2) is 0 Å². The highest BCUT2D eigenvalue weighted by molar-refractivity contribution is 6.32. The molecule has 1 N–H and O–H groups in total. The van der Waals surface area contributed by atoms with Crippen LogP contribution in [0, 0.1) is 0 Å². The van der Waals surface area contributed by atoms with Crippen molar-refractivity contribution in [3.8, 4) is 0 Å². The van der Waals surface area contributed by atoms with Gasteiger partial charge in [-0.05, 0) is 38.1 Å². The van der Waals surface area contributed by atoms with Gasteiger partial charge in [0.25, 0.3) is 5.89 Å². The monoisotopic (exact) mass is 327 g/mol. The third-order valence-corrected chi connectivity index (χ3v) is 3.43. The number of aromatic nitrogens is 2. The molecule has 0 aliphatic rings. The number of nitrogens with one attached hydrogen (secondary N) is 1. The van der Waals surface area contributed by atoms with Gasteiger partial charge in [-0.2, -0.15) is 4.98 Å². The lowest BCUT2D eigenvalue weighted by atomic mass is 10.1. The third kappa shape index (κ3) is 4.84. The highest BCUT2D eigenvalue weighted by atomic mass is 35.5. The Labute approximate surface area is 136 Å². The van der Waals surface area contributed by atoms with Crippen molar-refractivity contribution in [2.24, 2.45) is 0 Å². The highest BCUT2D eigenvalue weighted by Crippen LogP contribution is 2.24. The van der Waals surface area contributed by atoms with Crippen LogP contribution in [-0.4, -0.2) is 23.2 Å². The second kappa shape index (κ2) is 8.17. The molecule has 0 bridgehead atoms. The zero-order valence-electron chi connectivity index (χ0n) is 12.3. The van der Waals surface area contributed by atoms with Crippen molar-refractivity contribution in [3.05, 3.63) is 46.6 Å². The van der Waals surface area contributed by atoms with Gasteiger partial charge in [0, 0.05) is 23.6 Å². The zero-order valence-corrected chi connectivity index (χ0v) is 13.8. The fourth-order valence-corrected chi connectivity index (χ4v) is 2.11. The predicted molar refractivity (Wildman–Crippen MR) is 88.8 cm³/mol. The molecule has 0 fully saturated rings. The second-order valence-electron chi connectivity index (χ2n) is 4.75. The van der Waals surface area contributed by atoms with Crippen LogP contribution in [0.1, 0.15) is 31.1 Å². The molecule has 114 valence electrons. The Hall–Kier alpha value is -1.36. The quantitative estimate of drug-likeness (QED) is 0.906. The summed E-state index contributed by atoms with van der Waals surface area (Å²) in [6.07, 6.45) is 2.58. The van der Waals surface area contributed by atoms with E-state index in [1.54, 1.807) is 0 Å².